The van der Waals surface area contributed by atoms with Crippen molar-refractivity contribution in [3.8, 4) is 28.3 Å². The maximum absolute atomic E-state index is 6.85. The lowest BCUT2D eigenvalue weighted by molar-refractivity contribution is 0.477. The molecule has 0 fully saturated rings. The van der Waals surface area contributed by atoms with E-state index < -0.39 is 0 Å². The van der Waals surface area contributed by atoms with Crippen LogP contribution in [0.5, 0.6) is 11.5 Å². The second kappa shape index (κ2) is 9.37. The van der Waals surface area contributed by atoms with Gasteiger partial charge in [-0.2, -0.15) is 0 Å². The van der Waals surface area contributed by atoms with E-state index in [1.54, 1.807) is 0 Å². The fourth-order valence-electron chi connectivity index (χ4n) is 6.56. The minimum Gasteiger partial charge on any atom is -0.451 e. The number of nitrogens with zero attached hydrogens (tertiary/aromatic N) is 2. The maximum Gasteiger partial charge on any atom is 0.176 e. The molecule has 43 heavy (non-hydrogen) atoms. The Bertz CT molecular complexity index is 2320. The normalized spacial score (nSPS) is 11.9. The van der Waals surface area contributed by atoms with Gasteiger partial charge in [0.2, 0.25) is 0 Å². The molecule has 0 aliphatic carbocycles. The van der Waals surface area contributed by atoms with Gasteiger partial charge in [0, 0.05) is 22.1 Å². The molecule has 0 spiro atoms. The molecule has 3 heteroatoms. The summed E-state index contributed by atoms with van der Waals surface area (Å²) in [6.07, 6.45) is 0. The molecule has 1 aliphatic heterocycles. The number of hydrogen-bond acceptors (Lipinski definition) is 2. The van der Waals surface area contributed by atoms with E-state index in [-0.39, 0.29) is 0 Å². The Kier molecular flexibility index (Phi) is 5.20. The van der Waals surface area contributed by atoms with Crippen molar-refractivity contribution in [1.29, 1.82) is 0 Å². The molecule has 2 heterocycles. The lowest BCUT2D eigenvalue weighted by Crippen LogP contribution is -2.13. The van der Waals surface area contributed by atoms with Crippen molar-refractivity contribution in [2.45, 2.75) is 0 Å². The minimum atomic E-state index is 0.850. The number of rotatable bonds is 4. The van der Waals surface area contributed by atoms with Crippen LogP contribution in [-0.2, 0) is 0 Å². The van der Waals surface area contributed by atoms with Crippen molar-refractivity contribution in [3.05, 3.63) is 158 Å². The van der Waals surface area contributed by atoms with Gasteiger partial charge in [-0.05, 0) is 76.5 Å². The van der Waals surface area contributed by atoms with E-state index in [1.165, 1.54) is 38.2 Å². The average molecular weight is 551 g/mol. The second-order valence-electron chi connectivity index (χ2n) is 11.0. The van der Waals surface area contributed by atoms with Crippen molar-refractivity contribution in [1.82, 2.24) is 4.57 Å². The third-order valence-corrected chi connectivity index (χ3v) is 8.55. The second-order valence-corrected chi connectivity index (χ2v) is 11.0. The molecule has 9 rings (SSSR count). The van der Waals surface area contributed by atoms with Crippen LogP contribution in [-0.4, -0.2) is 4.57 Å². The lowest BCUT2D eigenvalue weighted by Gasteiger charge is -2.30. The van der Waals surface area contributed by atoms with Gasteiger partial charge >= 0.3 is 0 Å². The molecule has 0 amide bonds. The summed E-state index contributed by atoms with van der Waals surface area (Å²) < 4.78 is 9.21. The van der Waals surface area contributed by atoms with Crippen LogP contribution in [0.3, 0.4) is 0 Å². The quantitative estimate of drug-likeness (QED) is 0.217. The van der Waals surface area contributed by atoms with Crippen LogP contribution in [0.4, 0.5) is 17.1 Å². The van der Waals surface area contributed by atoms with Gasteiger partial charge in [0.15, 0.2) is 11.5 Å². The first-order chi connectivity index (χ1) is 21.3. The highest BCUT2D eigenvalue weighted by molar-refractivity contribution is 6.14. The highest BCUT2D eigenvalue weighted by atomic mass is 16.5. The van der Waals surface area contributed by atoms with Crippen LogP contribution in [0.2, 0.25) is 0 Å². The van der Waals surface area contributed by atoms with Gasteiger partial charge in [-0.3, -0.25) is 0 Å². The predicted molar refractivity (Wildman–Crippen MR) is 178 cm³/mol. The van der Waals surface area contributed by atoms with Crippen LogP contribution in [0.1, 0.15) is 0 Å². The number of ether oxygens (including phenoxy) is 1. The summed E-state index contributed by atoms with van der Waals surface area (Å²) >= 11 is 0. The zero-order chi connectivity index (χ0) is 28.3. The van der Waals surface area contributed by atoms with Crippen LogP contribution in [0, 0.1) is 0 Å². The van der Waals surface area contributed by atoms with Crippen LogP contribution in [0.15, 0.2) is 158 Å². The molecule has 0 saturated carbocycles. The van der Waals surface area contributed by atoms with Crippen molar-refractivity contribution in [2.75, 3.05) is 4.90 Å². The van der Waals surface area contributed by atoms with E-state index >= 15 is 0 Å². The zero-order valence-corrected chi connectivity index (χ0v) is 23.3. The lowest BCUT2D eigenvalue weighted by atomic mass is 10.0. The molecule has 0 N–H and O–H groups in total. The summed E-state index contributed by atoms with van der Waals surface area (Å²) in [5.41, 5.74) is 8.84. The van der Waals surface area contributed by atoms with Gasteiger partial charge in [0.1, 0.15) is 0 Å². The van der Waals surface area contributed by atoms with Gasteiger partial charge in [-0.1, -0.05) is 103 Å². The van der Waals surface area contributed by atoms with Crippen molar-refractivity contribution >= 4 is 49.6 Å². The Balaban J connectivity index is 1.32. The van der Waals surface area contributed by atoms with Crippen LogP contribution >= 0.6 is 0 Å². The van der Waals surface area contributed by atoms with E-state index in [4.69, 9.17) is 4.74 Å². The molecule has 202 valence electrons. The molecule has 0 bridgehead atoms. The highest BCUT2D eigenvalue weighted by Crippen LogP contribution is 2.52. The third kappa shape index (κ3) is 3.68. The first kappa shape index (κ1) is 23.9. The fraction of sp³-hybridized carbons (Fsp3) is 0. The molecule has 0 unspecified atom stereocenters. The molecular weight excluding hydrogens is 524 g/mol. The average Bonchev–Trinajstić information content (AvgIpc) is 3.42. The third-order valence-electron chi connectivity index (χ3n) is 8.55. The van der Waals surface area contributed by atoms with E-state index in [9.17, 15) is 0 Å². The predicted octanol–water partition coefficient (Wildman–Crippen LogP) is 11.2. The number of hydrogen-bond donors (Lipinski definition) is 0. The summed E-state index contributed by atoms with van der Waals surface area (Å²) in [6.45, 7) is 0. The topological polar surface area (TPSA) is 17.4 Å². The van der Waals surface area contributed by atoms with Gasteiger partial charge in [-0.25, -0.2) is 0 Å². The number of fused-ring (bicyclic) bond motifs is 6. The number of para-hydroxylation sites is 3. The van der Waals surface area contributed by atoms with E-state index in [0.717, 1.165) is 39.8 Å². The monoisotopic (exact) mass is 550 g/mol. The molecular formula is C40H26N2O. The van der Waals surface area contributed by atoms with Crippen LogP contribution < -0.4 is 9.64 Å². The SMILES string of the molecule is c1ccc(-c2ccc(N(c3ccc4ccccc4c3)c3ccc4c5ccccc5n5c4c3Oc3ccccc3-5)cc2)cc1. The first-order valence-electron chi connectivity index (χ1n) is 14.6. The fourth-order valence-corrected chi connectivity index (χ4v) is 6.56. The Hall–Kier alpha value is -5.80. The Labute approximate surface area is 249 Å². The van der Waals surface area contributed by atoms with E-state index in [2.05, 4.69) is 161 Å². The van der Waals surface area contributed by atoms with Gasteiger partial charge in [-0.15, -0.1) is 0 Å². The summed E-state index contributed by atoms with van der Waals surface area (Å²) in [4.78, 5) is 2.33. The highest BCUT2D eigenvalue weighted by Gasteiger charge is 2.28. The first-order valence-corrected chi connectivity index (χ1v) is 14.6. The molecule has 3 nitrogen and oxygen atoms in total. The number of anilines is 3. The Morgan fingerprint density at radius 1 is 0.488 bits per heavy atom. The number of benzene rings is 7. The summed E-state index contributed by atoms with van der Waals surface area (Å²) in [5, 5.41) is 4.81. The molecule has 0 radical (unpaired) electrons. The summed E-state index contributed by atoms with van der Waals surface area (Å²) in [7, 11) is 0. The molecule has 0 saturated heterocycles. The van der Waals surface area contributed by atoms with Gasteiger partial charge < -0.3 is 14.2 Å². The van der Waals surface area contributed by atoms with Crippen LogP contribution in [0.25, 0.3) is 49.4 Å². The molecule has 0 atom stereocenters. The Morgan fingerprint density at radius 2 is 1.19 bits per heavy atom. The largest absolute Gasteiger partial charge is 0.451 e. The molecule has 1 aliphatic rings. The zero-order valence-electron chi connectivity index (χ0n) is 23.3. The molecule has 8 aromatic rings. The number of aromatic nitrogens is 1. The van der Waals surface area contributed by atoms with E-state index in [0.29, 0.717) is 0 Å². The van der Waals surface area contributed by atoms with Crippen molar-refractivity contribution in [2.24, 2.45) is 0 Å². The van der Waals surface area contributed by atoms with Crippen molar-refractivity contribution in [3.63, 3.8) is 0 Å². The van der Waals surface area contributed by atoms with E-state index in [1.807, 2.05) is 6.07 Å². The van der Waals surface area contributed by atoms with Gasteiger partial charge in [0.25, 0.3) is 0 Å². The van der Waals surface area contributed by atoms with Gasteiger partial charge in [0.05, 0.1) is 22.4 Å². The molecule has 7 aromatic carbocycles. The summed E-state index contributed by atoms with van der Waals surface area (Å²) in [5.74, 6) is 1.70. The maximum atomic E-state index is 6.85. The Morgan fingerprint density at radius 3 is 2.07 bits per heavy atom. The summed E-state index contributed by atoms with van der Waals surface area (Å²) in [6, 6.07) is 55.9. The molecule has 1 aromatic heterocycles. The standard InChI is InChI=1S/C40H26N2O/c1-2-10-27(11-3-1)29-18-21-31(22-19-29)41(32-23-20-28-12-4-5-13-30(28)26-32)37-25-24-34-33-14-6-7-15-35(33)42-36-16-8-9-17-38(36)43-40(37)39(34)42/h1-26H. The van der Waals surface area contributed by atoms with Crippen molar-refractivity contribution < 1.29 is 4.74 Å². The minimum absolute atomic E-state index is 0.850. The smallest absolute Gasteiger partial charge is 0.176 e.